The van der Waals surface area contributed by atoms with Gasteiger partial charge in [0.15, 0.2) is 5.11 Å². The Hall–Kier alpha value is -1.17. The number of aromatic nitrogens is 2. The number of hydrogen-bond acceptors (Lipinski definition) is 5. The molecule has 5 nitrogen and oxygen atoms in total. The second-order valence-electron chi connectivity index (χ2n) is 5.42. The lowest BCUT2D eigenvalue weighted by Gasteiger charge is -2.35. The lowest BCUT2D eigenvalue weighted by molar-refractivity contribution is -0.138. The molecule has 1 aliphatic heterocycles. The normalized spacial score (nSPS) is 15.3. The Morgan fingerprint density at radius 2 is 1.92 bits per heavy atom. The van der Waals surface area contributed by atoms with Gasteiger partial charge in [0.25, 0.3) is 0 Å². The number of alkyl halides is 3. The smallest absolute Gasteiger partial charge is 0.345 e. The molecule has 0 spiro atoms. The zero-order valence-electron chi connectivity index (χ0n) is 13.1. The highest BCUT2D eigenvalue weighted by atomic mass is 79.9. The summed E-state index contributed by atoms with van der Waals surface area (Å²) in [6.45, 7) is 2.12. The molecule has 3 rings (SSSR count). The molecular formula is C14H12BrClF3N5S2. The fraction of sp³-hybridized carbons (Fsp3) is 0.357. The largest absolute Gasteiger partial charge is 0.445 e. The second kappa shape index (κ2) is 7.83. The fourth-order valence-electron chi connectivity index (χ4n) is 2.34. The van der Waals surface area contributed by atoms with Crippen LogP contribution in [0.25, 0.3) is 0 Å². The van der Waals surface area contributed by atoms with Crippen molar-refractivity contribution in [1.29, 1.82) is 0 Å². The van der Waals surface area contributed by atoms with E-state index in [2.05, 4.69) is 31.4 Å². The van der Waals surface area contributed by atoms with Crippen molar-refractivity contribution in [3.8, 4) is 0 Å². The molecule has 1 fully saturated rings. The lowest BCUT2D eigenvalue weighted by Crippen LogP contribution is -2.50. The predicted octanol–water partition coefficient (Wildman–Crippen LogP) is 4.49. The van der Waals surface area contributed by atoms with Gasteiger partial charge in [-0.2, -0.15) is 13.2 Å². The molecule has 1 aromatic carbocycles. The number of halogens is 5. The Labute approximate surface area is 170 Å². The van der Waals surface area contributed by atoms with Crippen LogP contribution in [0.15, 0.2) is 22.7 Å². The summed E-state index contributed by atoms with van der Waals surface area (Å²) >= 11 is 15.5. The molecular weight excluding hydrogens is 475 g/mol. The van der Waals surface area contributed by atoms with Gasteiger partial charge in [-0.25, -0.2) is 0 Å². The highest BCUT2D eigenvalue weighted by Crippen LogP contribution is 2.34. The minimum absolute atomic E-state index is 0.270. The van der Waals surface area contributed by atoms with Gasteiger partial charge in [0, 0.05) is 30.7 Å². The van der Waals surface area contributed by atoms with Gasteiger partial charge < -0.3 is 15.1 Å². The van der Waals surface area contributed by atoms with Gasteiger partial charge in [-0.15, -0.1) is 10.2 Å². The average Bonchev–Trinajstić information content (AvgIpc) is 3.08. The molecule has 0 aliphatic carbocycles. The molecule has 1 aliphatic rings. The van der Waals surface area contributed by atoms with Crippen molar-refractivity contribution >= 4 is 67.0 Å². The third-order valence-electron chi connectivity index (χ3n) is 3.67. The summed E-state index contributed by atoms with van der Waals surface area (Å²) in [5.74, 6) is 0. The number of benzene rings is 1. The van der Waals surface area contributed by atoms with Crippen molar-refractivity contribution in [2.75, 3.05) is 36.4 Å². The van der Waals surface area contributed by atoms with E-state index in [1.54, 1.807) is 11.0 Å². The quantitative estimate of drug-likeness (QED) is 0.631. The highest BCUT2D eigenvalue weighted by Gasteiger charge is 2.36. The molecule has 1 N–H and O–H groups in total. The molecule has 12 heteroatoms. The van der Waals surface area contributed by atoms with Crippen LogP contribution in [0.2, 0.25) is 5.02 Å². The molecule has 2 heterocycles. The third kappa shape index (κ3) is 4.56. The molecule has 2 aromatic rings. The van der Waals surface area contributed by atoms with E-state index >= 15 is 0 Å². The van der Waals surface area contributed by atoms with E-state index in [1.165, 1.54) is 0 Å². The van der Waals surface area contributed by atoms with Crippen LogP contribution < -0.4 is 10.2 Å². The first-order valence-corrected chi connectivity index (χ1v) is 9.80. The Bertz CT molecular complexity index is 808. The monoisotopic (exact) mass is 485 g/mol. The van der Waals surface area contributed by atoms with E-state index in [9.17, 15) is 13.2 Å². The van der Waals surface area contributed by atoms with Gasteiger partial charge >= 0.3 is 6.18 Å². The number of nitrogens with one attached hydrogen (secondary N) is 1. The highest BCUT2D eigenvalue weighted by molar-refractivity contribution is 9.10. The number of nitrogens with zero attached hydrogens (tertiary/aromatic N) is 4. The van der Waals surface area contributed by atoms with Crippen molar-refractivity contribution in [3.63, 3.8) is 0 Å². The van der Waals surface area contributed by atoms with Gasteiger partial charge in [0.05, 0.1) is 10.7 Å². The van der Waals surface area contributed by atoms with Crippen LogP contribution in [-0.2, 0) is 6.18 Å². The summed E-state index contributed by atoms with van der Waals surface area (Å²) in [5, 5.41) is 10.4. The standard InChI is InChI=1S/C14H12BrClF3N5S2/c15-8-1-2-10(9(16)7-8)20-12(25)23-3-5-24(6-4-23)13-22-21-11(26-13)14(17,18)19/h1-2,7H,3-6H2,(H,20,25). The SMILES string of the molecule is FC(F)(F)c1nnc(N2CCN(C(=S)Nc3ccc(Br)cc3Cl)CC2)s1. The summed E-state index contributed by atoms with van der Waals surface area (Å²) in [5.41, 5.74) is 0.696. The number of rotatable bonds is 2. The fourth-order valence-corrected chi connectivity index (χ4v) is 4.12. The van der Waals surface area contributed by atoms with Crippen LogP contribution in [0.5, 0.6) is 0 Å². The Balaban J connectivity index is 1.58. The topological polar surface area (TPSA) is 44.3 Å². The number of thiocarbonyl (C=S) groups is 1. The van der Waals surface area contributed by atoms with Crippen molar-refractivity contribution < 1.29 is 13.2 Å². The first-order chi connectivity index (χ1) is 12.2. The zero-order valence-corrected chi connectivity index (χ0v) is 17.0. The van der Waals surface area contributed by atoms with Crippen molar-refractivity contribution in [3.05, 3.63) is 32.7 Å². The van der Waals surface area contributed by atoms with Crippen LogP contribution in [0.3, 0.4) is 0 Å². The molecule has 0 bridgehead atoms. The maximum Gasteiger partial charge on any atom is 0.445 e. The third-order valence-corrected chi connectivity index (χ3v) is 5.86. The van der Waals surface area contributed by atoms with E-state index in [4.69, 9.17) is 23.8 Å². The first kappa shape index (κ1) is 19.6. The van der Waals surface area contributed by atoms with Gasteiger partial charge in [-0.05, 0) is 30.4 Å². The van der Waals surface area contributed by atoms with Crippen molar-refractivity contribution in [2.24, 2.45) is 0 Å². The minimum atomic E-state index is -4.47. The van der Waals surface area contributed by atoms with Crippen LogP contribution >= 0.6 is 51.1 Å². The number of piperazine rings is 1. The van der Waals surface area contributed by atoms with Crippen LogP contribution in [0, 0.1) is 0 Å². The Morgan fingerprint density at radius 3 is 2.50 bits per heavy atom. The van der Waals surface area contributed by atoms with Crippen LogP contribution in [0.4, 0.5) is 24.0 Å². The Morgan fingerprint density at radius 1 is 1.23 bits per heavy atom. The van der Waals surface area contributed by atoms with Gasteiger partial charge in [0.1, 0.15) is 0 Å². The number of hydrogen-bond donors (Lipinski definition) is 1. The molecule has 0 saturated carbocycles. The average molecular weight is 487 g/mol. The molecule has 0 atom stereocenters. The first-order valence-electron chi connectivity index (χ1n) is 7.40. The molecule has 1 saturated heterocycles. The lowest BCUT2D eigenvalue weighted by atomic mass is 10.3. The summed E-state index contributed by atoms with van der Waals surface area (Å²) in [7, 11) is 0. The van der Waals surface area contributed by atoms with Gasteiger partial charge in [-0.3, -0.25) is 0 Å². The van der Waals surface area contributed by atoms with Crippen LogP contribution in [-0.4, -0.2) is 46.4 Å². The van der Waals surface area contributed by atoms with Gasteiger partial charge in [-0.1, -0.05) is 38.9 Å². The van der Waals surface area contributed by atoms with E-state index in [-0.39, 0.29) is 5.13 Å². The molecule has 0 amide bonds. The predicted molar refractivity (Wildman–Crippen MR) is 104 cm³/mol. The molecule has 140 valence electrons. The van der Waals surface area contributed by atoms with E-state index in [0.717, 1.165) is 4.47 Å². The minimum Gasteiger partial charge on any atom is -0.345 e. The zero-order chi connectivity index (χ0) is 18.9. The maximum atomic E-state index is 12.6. The molecule has 0 unspecified atom stereocenters. The molecule has 1 aromatic heterocycles. The molecule has 26 heavy (non-hydrogen) atoms. The van der Waals surface area contributed by atoms with E-state index in [0.29, 0.717) is 53.3 Å². The van der Waals surface area contributed by atoms with Crippen molar-refractivity contribution in [2.45, 2.75) is 6.18 Å². The summed E-state index contributed by atoms with van der Waals surface area (Å²) < 4.78 is 38.8. The maximum absolute atomic E-state index is 12.6. The van der Waals surface area contributed by atoms with Crippen LogP contribution in [0.1, 0.15) is 5.01 Å². The van der Waals surface area contributed by atoms with Crippen molar-refractivity contribution in [1.82, 2.24) is 15.1 Å². The van der Waals surface area contributed by atoms with E-state index < -0.39 is 11.2 Å². The summed E-state index contributed by atoms with van der Waals surface area (Å²) in [4.78, 5) is 3.72. The second-order valence-corrected chi connectivity index (χ2v) is 8.08. The summed E-state index contributed by atoms with van der Waals surface area (Å²) in [6, 6.07) is 5.43. The van der Waals surface area contributed by atoms with E-state index in [1.807, 2.05) is 17.0 Å². The van der Waals surface area contributed by atoms with Gasteiger partial charge in [0.2, 0.25) is 10.1 Å². The Kier molecular flexibility index (Phi) is 5.90. The molecule has 0 radical (unpaired) electrons. The number of anilines is 2. The summed E-state index contributed by atoms with van der Waals surface area (Å²) in [6.07, 6.45) is -4.47.